The molecule has 1 aromatic carbocycles. The molecule has 0 atom stereocenters. The third-order valence-electron chi connectivity index (χ3n) is 3.17. The lowest BCUT2D eigenvalue weighted by Crippen LogP contribution is -2.16. The minimum atomic E-state index is -3.70. The molecule has 0 aliphatic carbocycles. The van der Waals surface area contributed by atoms with Crippen molar-refractivity contribution >= 4 is 21.5 Å². The summed E-state index contributed by atoms with van der Waals surface area (Å²) < 4.78 is 27.4. The van der Waals surface area contributed by atoms with Gasteiger partial charge in [-0.05, 0) is 55.7 Å². The van der Waals surface area contributed by atoms with Crippen molar-refractivity contribution in [3.8, 4) is 0 Å². The van der Waals surface area contributed by atoms with Crippen LogP contribution in [0.2, 0.25) is 0 Å². The number of benzene rings is 1. The molecular formula is C14H17N3O2S. The number of nitrogens with zero attached hydrogens (tertiary/aromatic N) is 1. The Morgan fingerprint density at radius 1 is 1.15 bits per heavy atom. The van der Waals surface area contributed by atoms with Gasteiger partial charge in [-0.1, -0.05) is 6.07 Å². The van der Waals surface area contributed by atoms with Crippen molar-refractivity contribution in [2.75, 3.05) is 10.5 Å². The highest BCUT2D eigenvalue weighted by molar-refractivity contribution is 7.92. The van der Waals surface area contributed by atoms with Gasteiger partial charge in [0.1, 0.15) is 5.82 Å². The van der Waals surface area contributed by atoms with Crippen LogP contribution in [0.3, 0.4) is 0 Å². The molecule has 20 heavy (non-hydrogen) atoms. The van der Waals surface area contributed by atoms with E-state index in [9.17, 15) is 8.42 Å². The Morgan fingerprint density at radius 2 is 1.85 bits per heavy atom. The number of hydrogen-bond acceptors (Lipinski definition) is 4. The summed E-state index contributed by atoms with van der Waals surface area (Å²) in [7, 11) is -3.70. The Bertz CT molecular complexity index is 755. The summed E-state index contributed by atoms with van der Waals surface area (Å²) in [5.41, 5.74) is 8.44. The zero-order valence-corrected chi connectivity index (χ0v) is 12.5. The molecule has 0 unspecified atom stereocenters. The average molecular weight is 291 g/mol. The maximum Gasteiger partial charge on any atom is 0.263 e. The quantitative estimate of drug-likeness (QED) is 0.850. The topological polar surface area (TPSA) is 85.1 Å². The Labute approximate surface area is 118 Å². The highest BCUT2D eigenvalue weighted by atomic mass is 32.2. The number of nitrogens with two attached hydrogens (primary N) is 1. The molecule has 0 aliphatic heterocycles. The molecule has 1 heterocycles. The van der Waals surface area contributed by atoms with E-state index in [4.69, 9.17) is 5.73 Å². The number of pyridine rings is 1. The smallest absolute Gasteiger partial charge is 0.263 e. The van der Waals surface area contributed by atoms with Crippen LogP contribution in [0, 0.1) is 20.8 Å². The van der Waals surface area contributed by atoms with E-state index in [2.05, 4.69) is 9.71 Å². The zero-order valence-electron chi connectivity index (χ0n) is 11.6. The fraction of sp³-hybridized carbons (Fsp3) is 0.214. The summed E-state index contributed by atoms with van der Waals surface area (Å²) in [5, 5.41) is 0. The van der Waals surface area contributed by atoms with Crippen molar-refractivity contribution in [1.82, 2.24) is 4.98 Å². The highest BCUT2D eigenvalue weighted by Gasteiger charge is 2.20. The molecule has 1 aromatic heterocycles. The summed E-state index contributed by atoms with van der Waals surface area (Å²) in [4.78, 5) is 4.22. The third kappa shape index (κ3) is 2.75. The zero-order chi connectivity index (χ0) is 14.9. The second-order valence-electron chi connectivity index (χ2n) is 4.74. The van der Waals surface area contributed by atoms with Gasteiger partial charge in [0.05, 0.1) is 4.90 Å². The van der Waals surface area contributed by atoms with Gasteiger partial charge in [0, 0.05) is 11.9 Å². The fourth-order valence-electron chi connectivity index (χ4n) is 1.91. The standard InChI is InChI=1S/C14H17N3O2S/c1-9-5-4-6-16-14(9)17-20(18,19)13-8-12(15)7-10(2)11(13)3/h4-8H,15H2,1-3H3,(H,16,17). The summed E-state index contributed by atoms with van der Waals surface area (Å²) in [6.07, 6.45) is 1.54. The Balaban J connectivity index is 2.49. The van der Waals surface area contributed by atoms with E-state index in [1.807, 2.05) is 6.92 Å². The van der Waals surface area contributed by atoms with E-state index in [1.54, 1.807) is 38.2 Å². The van der Waals surface area contributed by atoms with Gasteiger partial charge in [0.25, 0.3) is 10.0 Å². The normalized spacial score (nSPS) is 11.3. The van der Waals surface area contributed by atoms with Crippen LogP contribution in [-0.2, 0) is 10.0 Å². The van der Waals surface area contributed by atoms with Gasteiger partial charge in [0.2, 0.25) is 0 Å². The molecule has 0 spiro atoms. The first-order valence-corrected chi connectivity index (χ1v) is 7.61. The molecule has 2 aromatic rings. The lowest BCUT2D eigenvalue weighted by molar-refractivity contribution is 0.600. The molecule has 0 radical (unpaired) electrons. The summed E-state index contributed by atoms with van der Waals surface area (Å²) in [6.45, 7) is 5.38. The van der Waals surface area contributed by atoms with Gasteiger partial charge in [0.15, 0.2) is 0 Å². The maximum atomic E-state index is 12.5. The molecule has 0 aliphatic rings. The predicted octanol–water partition coefficient (Wildman–Crippen LogP) is 2.39. The first-order chi connectivity index (χ1) is 9.31. The summed E-state index contributed by atoms with van der Waals surface area (Å²) in [6, 6.07) is 6.76. The number of sulfonamides is 1. The minimum absolute atomic E-state index is 0.181. The number of aromatic nitrogens is 1. The van der Waals surface area contributed by atoms with Gasteiger partial charge in [-0.2, -0.15) is 0 Å². The lowest BCUT2D eigenvalue weighted by atomic mass is 10.1. The first-order valence-electron chi connectivity index (χ1n) is 6.12. The molecule has 0 fully saturated rings. The minimum Gasteiger partial charge on any atom is -0.399 e. The van der Waals surface area contributed by atoms with Crippen LogP contribution in [0.1, 0.15) is 16.7 Å². The van der Waals surface area contributed by atoms with E-state index in [0.717, 1.165) is 11.1 Å². The molecule has 0 bridgehead atoms. The largest absolute Gasteiger partial charge is 0.399 e. The molecule has 2 rings (SSSR count). The molecular weight excluding hydrogens is 274 g/mol. The van der Waals surface area contributed by atoms with Crippen molar-refractivity contribution in [2.45, 2.75) is 25.7 Å². The van der Waals surface area contributed by atoms with Crippen molar-refractivity contribution in [2.24, 2.45) is 0 Å². The van der Waals surface area contributed by atoms with Crippen molar-refractivity contribution in [3.63, 3.8) is 0 Å². The molecule has 5 nitrogen and oxygen atoms in total. The fourth-order valence-corrected chi connectivity index (χ4v) is 3.34. The van der Waals surface area contributed by atoms with Crippen LogP contribution in [-0.4, -0.2) is 13.4 Å². The number of nitrogens with one attached hydrogen (secondary N) is 1. The van der Waals surface area contributed by atoms with Crippen LogP contribution >= 0.6 is 0 Å². The third-order valence-corrected chi connectivity index (χ3v) is 4.64. The number of rotatable bonds is 3. The maximum absolute atomic E-state index is 12.5. The Hall–Kier alpha value is -2.08. The molecule has 106 valence electrons. The van der Waals surface area contributed by atoms with Crippen LogP contribution < -0.4 is 10.5 Å². The second-order valence-corrected chi connectivity index (χ2v) is 6.39. The number of nitrogen functional groups attached to an aromatic ring is 1. The van der Waals surface area contributed by atoms with Gasteiger partial charge in [-0.15, -0.1) is 0 Å². The van der Waals surface area contributed by atoms with Gasteiger partial charge in [-0.3, -0.25) is 4.72 Å². The second kappa shape index (κ2) is 5.13. The van der Waals surface area contributed by atoms with Crippen LogP contribution in [0.5, 0.6) is 0 Å². The van der Waals surface area contributed by atoms with Crippen molar-refractivity contribution in [3.05, 3.63) is 47.2 Å². The van der Waals surface area contributed by atoms with E-state index in [-0.39, 0.29) is 4.90 Å². The van der Waals surface area contributed by atoms with E-state index in [0.29, 0.717) is 17.1 Å². The van der Waals surface area contributed by atoms with Crippen molar-refractivity contribution in [1.29, 1.82) is 0 Å². The van der Waals surface area contributed by atoms with Crippen LogP contribution in [0.25, 0.3) is 0 Å². The number of aryl methyl sites for hydroxylation is 2. The van der Waals surface area contributed by atoms with E-state index < -0.39 is 10.0 Å². The molecule has 6 heteroatoms. The van der Waals surface area contributed by atoms with Crippen molar-refractivity contribution < 1.29 is 8.42 Å². The summed E-state index contributed by atoms with van der Waals surface area (Å²) in [5.74, 6) is 0.326. The van der Waals surface area contributed by atoms with Gasteiger partial charge < -0.3 is 5.73 Å². The molecule has 3 N–H and O–H groups in total. The SMILES string of the molecule is Cc1cccnc1NS(=O)(=O)c1cc(N)cc(C)c1C. The lowest BCUT2D eigenvalue weighted by Gasteiger charge is -2.13. The first kappa shape index (κ1) is 14.3. The van der Waals surface area contributed by atoms with Gasteiger partial charge >= 0.3 is 0 Å². The molecule has 0 saturated carbocycles. The molecule has 0 saturated heterocycles. The highest BCUT2D eigenvalue weighted by Crippen LogP contribution is 2.24. The van der Waals surface area contributed by atoms with E-state index >= 15 is 0 Å². The number of hydrogen-bond donors (Lipinski definition) is 2. The number of anilines is 2. The molecule has 0 amide bonds. The summed E-state index contributed by atoms with van der Waals surface area (Å²) >= 11 is 0. The average Bonchev–Trinajstić information content (AvgIpc) is 2.36. The van der Waals surface area contributed by atoms with Crippen LogP contribution in [0.4, 0.5) is 11.5 Å². The Morgan fingerprint density at radius 3 is 2.50 bits per heavy atom. The monoisotopic (exact) mass is 291 g/mol. The predicted molar refractivity (Wildman–Crippen MR) is 80.1 cm³/mol. The Kier molecular flexibility index (Phi) is 3.67. The van der Waals surface area contributed by atoms with Gasteiger partial charge in [-0.25, -0.2) is 13.4 Å². The van der Waals surface area contributed by atoms with Crippen LogP contribution in [0.15, 0.2) is 35.4 Å². The van der Waals surface area contributed by atoms with E-state index in [1.165, 1.54) is 6.07 Å².